The Morgan fingerprint density at radius 2 is 2.00 bits per heavy atom. The fourth-order valence-corrected chi connectivity index (χ4v) is 4.49. The number of rotatable bonds is 6. The number of nitro benzene ring substituents is 1. The van der Waals surface area contributed by atoms with Crippen LogP contribution in [0.1, 0.15) is 39.0 Å². The first-order chi connectivity index (χ1) is 10.4. The Bertz CT molecular complexity index is 640. The van der Waals surface area contributed by atoms with Crippen molar-refractivity contribution >= 4 is 33.2 Å². The first-order valence-electron chi connectivity index (χ1n) is 7.37. The maximum Gasteiger partial charge on any atom is 0.270 e. The van der Waals surface area contributed by atoms with E-state index in [1.54, 1.807) is 18.7 Å². The summed E-state index contributed by atoms with van der Waals surface area (Å²) in [4.78, 5) is 11.1. The minimum Gasteiger partial charge on any atom is -0.282 e. The van der Waals surface area contributed by atoms with Crippen LogP contribution in [0.2, 0.25) is 0 Å². The van der Waals surface area contributed by atoms with E-state index in [2.05, 4.69) is 4.72 Å². The Kier molecular flexibility index (Phi) is 5.69. The van der Waals surface area contributed by atoms with Crippen LogP contribution in [0.25, 0.3) is 0 Å². The minimum atomic E-state index is -3.40. The van der Waals surface area contributed by atoms with Crippen molar-refractivity contribution in [3.8, 4) is 0 Å². The fraction of sp³-hybridized carbons (Fsp3) is 0.571. The lowest BCUT2D eigenvalue weighted by atomic mass is 10.0. The summed E-state index contributed by atoms with van der Waals surface area (Å²) in [6.45, 7) is 1.56. The monoisotopic (exact) mass is 344 g/mol. The largest absolute Gasteiger partial charge is 0.282 e. The molecule has 1 aromatic carbocycles. The van der Waals surface area contributed by atoms with Gasteiger partial charge in [-0.1, -0.05) is 19.3 Å². The van der Waals surface area contributed by atoms with Gasteiger partial charge in [0.2, 0.25) is 10.0 Å². The van der Waals surface area contributed by atoms with Gasteiger partial charge in [-0.25, -0.2) is 8.42 Å². The molecule has 8 heteroatoms. The number of hydrogen-bond donors (Lipinski definition) is 1. The zero-order valence-corrected chi connectivity index (χ0v) is 14.1. The molecule has 0 amide bonds. The van der Waals surface area contributed by atoms with Crippen molar-refractivity contribution < 1.29 is 13.3 Å². The fourth-order valence-electron chi connectivity index (χ4n) is 2.41. The van der Waals surface area contributed by atoms with E-state index >= 15 is 0 Å². The number of anilines is 1. The molecule has 22 heavy (non-hydrogen) atoms. The molecule has 1 saturated carbocycles. The number of nitro groups is 1. The number of thioether (sulfide) groups is 1. The van der Waals surface area contributed by atoms with Crippen LogP contribution >= 0.6 is 11.8 Å². The van der Waals surface area contributed by atoms with Gasteiger partial charge in [-0.05, 0) is 25.8 Å². The van der Waals surface area contributed by atoms with Crippen molar-refractivity contribution in [2.75, 3.05) is 10.5 Å². The maximum atomic E-state index is 11.8. The molecule has 1 aliphatic rings. The van der Waals surface area contributed by atoms with Crippen LogP contribution in [0.4, 0.5) is 11.4 Å². The highest BCUT2D eigenvalue weighted by Gasteiger charge is 2.20. The molecule has 0 aromatic heterocycles. The Morgan fingerprint density at radius 3 is 2.59 bits per heavy atom. The topological polar surface area (TPSA) is 89.3 Å². The van der Waals surface area contributed by atoms with Crippen molar-refractivity contribution in [3.63, 3.8) is 0 Å². The van der Waals surface area contributed by atoms with Gasteiger partial charge in [0.05, 0.1) is 16.4 Å². The molecule has 0 bridgehead atoms. The average Bonchev–Trinajstić information content (AvgIpc) is 2.49. The summed E-state index contributed by atoms with van der Waals surface area (Å²) in [5.74, 6) is -0.0302. The van der Waals surface area contributed by atoms with Crippen LogP contribution in [0, 0.1) is 10.1 Å². The highest BCUT2D eigenvalue weighted by Crippen LogP contribution is 2.39. The second-order valence-electron chi connectivity index (χ2n) is 5.32. The molecular formula is C14H20N2O4S2. The molecule has 2 rings (SSSR count). The second-order valence-corrected chi connectivity index (χ2v) is 8.67. The SMILES string of the molecule is CCS(=O)(=O)Nc1ccc([N+](=O)[O-])cc1SC1CCCCC1. The zero-order chi connectivity index (χ0) is 16.2. The molecule has 1 aliphatic carbocycles. The highest BCUT2D eigenvalue weighted by molar-refractivity contribution is 8.00. The lowest BCUT2D eigenvalue weighted by molar-refractivity contribution is -0.385. The molecule has 0 aliphatic heterocycles. The second kappa shape index (κ2) is 7.32. The van der Waals surface area contributed by atoms with E-state index in [-0.39, 0.29) is 11.4 Å². The van der Waals surface area contributed by atoms with E-state index in [9.17, 15) is 18.5 Å². The quantitative estimate of drug-likeness (QED) is 0.626. The van der Waals surface area contributed by atoms with E-state index in [4.69, 9.17) is 0 Å². The predicted octanol–water partition coefficient (Wildman–Crippen LogP) is 3.78. The van der Waals surface area contributed by atoms with E-state index in [1.165, 1.54) is 24.6 Å². The summed E-state index contributed by atoms with van der Waals surface area (Å²) in [6.07, 6.45) is 5.66. The summed E-state index contributed by atoms with van der Waals surface area (Å²) in [7, 11) is -3.40. The van der Waals surface area contributed by atoms with Gasteiger partial charge >= 0.3 is 0 Å². The summed E-state index contributed by atoms with van der Waals surface area (Å²) in [5.41, 5.74) is 0.417. The standard InChI is InChI=1S/C14H20N2O4S2/c1-2-22(19,20)15-13-9-8-11(16(17)18)10-14(13)21-12-6-4-3-5-7-12/h8-10,12,15H,2-7H2,1H3. The van der Waals surface area contributed by atoms with Crippen LogP contribution in [-0.2, 0) is 10.0 Å². The number of benzene rings is 1. The molecule has 1 fully saturated rings. The van der Waals surface area contributed by atoms with Crippen LogP contribution < -0.4 is 4.72 Å². The summed E-state index contributed by atoms with van der Waals surface area (Å²) >= 11 is 1.54. The Morgan fingerprint density at radius 1 is 1.32 bits per heavy atom. The van der Waals surface area contributed by atoms with Crippen LogP contribution in [0.3, 0.4) is 0 Å². The number of non-ortho nitro benzene ring substituents is 1. The summed E-state index contributed by atoms with van der Waals surface area (Å²) < 4.78 is 26.1. The van der Waals surface area contributed by atoms with E-state index < -0.39 is 14.9 Å². The molecule has 0 atom stereocenters. The first-order valence-corrected chi connectivity index (χ1v) is 9.90. The molecular weight excluding hydrogens is 324 g/mol. The predicted molar refractivity (Wildman–Crippen MR) is 88.9 cm³/mol. The molecule has 6 nitrogen and oxygen atoms in total. The van der Waals surface area contributed by atoms with Crippen LogP contribution in [0.5, 0.6) is 0 Å². The molecule has 0 unspecified atom stereocenters. The normalized spacial score (nSPS) is 16.4. The third-order valence-corrected chi connectivity index (χ3v) is 6.35. The molecule has 0 radical (unpaired) electrons. The van der Waals surface area contributed by atoms with E-state index in [1.807, 2.05) is 0 Å². The number of hydrogen-bond acceptors (Lipinski definition) is 5. The smallest absolute Gasteiger partial charge is 0.270 e. The highest BCUT2D eigenvalue weighted by atomic mass is 32.2. The third-order valence-electron chi connectivity index (χ3n) is 3.67. The minimum absolute atomic E-state index is 0.0160. The van der Waals surface area contributed by atoms with Gasteiger partial charge in [0, 0.05) is 22.3 Å². The number of nitrogens with one attached hydrogen (secondary N) is 1. The van der Waals surface area contributed by atoms with Gasteiger partial charge in [0.1, 0.15) is 0 Å². The molecule has 0 heterocycles. The van der Waals surface area contributed by atoms with Crippen molar-refractivity contribution in [3.05, 3.63) is 28.3 Å². The third kappa shape index (κ3) is 4.61. The van der Waals surface area contributed by atoms with Gasteiger partial charge in [0.25, 0.3) is 5.69 Å². The van der Waals surface area contributed by atoms with Gasteiger partial charge in [-0.3, -0.25) is 14.8 Å². The van der Waals surface area contributed by atoms with Gasteiger partial charge in [0.15, 0.2) is 0 Å². The van der Waals surface area contributed by atoms with Gasteiger partial charge in [-0.15, -0.1) is 11.8 Å². The first kappa shape index (κ1) is 17.1. The zero-order valence-electron chi connectivity index (χ0n) is 12.4. The van der Waals surface area contributed by atoms with Crippen molar-refractivity contribution in [2.24, 2.45) is 0 Å². The molecule has 0 spiro atoms. The Labute approximate surface area is 134 Å². The van der Waals surface area contributed by atoms with Gasteiger partial charge in [-0.2, -0.15) is 0 Å². The molecule has 1 aromatic rings. The molecule has 122 valence electrons. The van der Waals surface area contributed by atoms with Crippen molar-refractivity contribution in [1.82, 2.24) is 0 Å². The molecule has 1 N–H and O–H groups in total. The van der Waals surface area contributed by atoms with Crippen LogP contribution in [-0.4, -0.2) is 24.3 Å². The maximum absolute atomic E-state index is 11.8. The summed E-state index contributed by atoms with van der Waals surface area (Å²) in [5, 5.41) is 11.3. The number of sulfonamides is 1. The molecule has 0 saturated heterocycles. The van der Waals surface area contributed by atoms with E-state index in [0.29, 0.717) is 15.8 Å². The summed E-state index contributed by atoms with van der Waals surface area (Å²) in [6, 6.07) is 4.28. The van der Waals surface area contributed by atoms with Gasteiger partial charge < -0.3 is 0 Å². The Hall–Kier alpha value is -1.28. The van der Waals surface area contributed by atoms with Crippen molar-refractivity contribution in [2.45, 2.75) is 49.2 Å². The number of nitrogens with zero attached hydrogens (tertiary/aromatic N) is 1. The lowest BCUT2D eigenvalue weighted by Gasteiger charge is -2.22. The lowest BCUT2D eigenvalue weighted by Crippen LogP contribution is -2.16. The van der Waals surface area contributed by atoms with Crippen LogP contribution in [0.15, 0.2) is 23.1 Å². The average molecular weight is 344 g/mol. The van der Waals surface area contributed by atoms with E-state index in [0.717, 1.165) is 25.7 Å². The Balaban J connectivity index is 2.28. The van der Waals surface area contributed by atoms with Crippen molar-refractivity contribution in [1.29, 1.82) is 0 Å².